The third-order valence-electron chi connectivity index (χ3n) is 5.49. The standard InChI is InChI=1S/C22H28N8O10/c1-9(2)17(20(36)37)28(18(34)13(8-14(32)33)25-10(3)31)29-19(35)16(27-22(29)38)15(26-21(23)24)11-4-6-12(7-5-11)30(39)40/h4-7,9,13,15,17,35H,8H2,1-3H3,(H,25,31)(H,27,38)(H,32,33)(H,36,37)(H4,23,24,26)/t13-,15?,17-/m0/s1. The van der Waals surface area contributed by atoms with E-state index in [1.165, 1.54) is 26.0 Å². The zero-order chi connectivity index (χ0) is 30.5. The average molecular weight is 565 g/mol. The number of nitrogens with one attached hydrogen (secondary N) is 2. The van der Waals surface area contributed by atoms with Crippen molar-refractivity contribution in [2.75, 3.05) is 5.01 Å². The quantitative estimate of drug-likeness (QED) is 0.0685. The van der Waals surface area contributed by atoms with Crippen molar-refractivity contribution in [3.8, 4) is 5.88 Å². The molecule has 2 rings (SSSR count). The first-order valence-electron chi connectivity index (χ1n) is 11.5. The number of nitro benzene ring substituents is 1. The Morgan fingerprint density at radius 2 is 1.75 bits per heavy atom. The molecule has 0 aliphatic carbocycles. The molecule has 2 amide bonds. The van der Waals surface area contributed by atoms with Crippen molar-refractivity contribution < 1.29 is 39.4 Å². The minimum Gasteiger partial charge on any atom is -0.492 e. The van der Waals surface area contributed by atoms with Gasteiger partial charge in [-0.05, 0) is 23.6 Å². The number of imidazole rings is 1. The number of amides is 2. The first-order valence-corrected chi connectivity index (χ1v) is 11.5. The van der Waals surface area contributed by atoms with Gasteiger partial charge in [0.05, 0.1) is 11.3 Å². The number of carboxylic acids is 2. The molecular formula is C22H28N8O10. The molecule has 0 aliphatic heterocycles. The molecule has 1 aromatic heterocycles. The summed E-state index contributed by atoms with van der Waals surface area (Å²) in [5.41, 5.74) is 9.19. The second-order valence-electron chi connectivity index (χ2n) is 8.85. The third kappa shape index (κ3) is 6.91. The highest BCUT2D eigenvalue weighted by molar-refractivity contribution is 5.99. The van der Waals surface area contributed by atoms with Gasteiger partial charge in [-0.1, -0.05) is 13.8 Å². The van der Waals surface area contributed by atoms with Gasteiger partial charge < -0.3 is 37.1 Å². The Morgan fingerprint density at radius 3 is 2.17 bits per heavy atom. The van der Waals surface area contributed by atoms with Crippen molar-refractivity contribution in [1.29, 1.82) is 0 Å². The number of aromatic amines is 1. The van der Waals surface area contributed by atoms with E-state index in [9.17, 15) is 49.4 Å². The smallest absolute Gasteiger partial charge is 0.348 e. The molecule has 0 saturated heterocycles. The number of carbonyl (C=O) groups is 4. The molecule has 0 spiro atoms. The maximum absolute atomic E-state index is 13.6. The fraction of sp³-hybridized carbons (Fsp3) is 0.364. The number of hydrogen-bond acceptors (Lipinski definition) is 9. The topological polar surface area (TPSA) is 290 Å². The summed E-state index contributed by atoms with van der Waals surface area (Å²) in [6.07, 6.45) is -0.981. The van der Waals surface area contributed by atoms with Gasteiger partial charge >= 0.3 is 17.6 Å². The molecule has 40 heavy (non-hydrogen) atoms. The third-order valence-corrected chi connectivity index (χ3v) is 5.49. The van der Waals surface area contributed by atoms with Crippen LogP contribution in [0.5, 0.6) is 5.88 Å². The molecule has 0 fully saturated rings. The number of benzene rings is 1. The summed E-state index contributed by atoms with van der Waals surface area (Å²) in [5, 5.41) is 43.8. The highest BCUT2D eigenvalue weighted by Gasteiger charge is 2.41. The minimum atomic E-state index is -1.84. The lowest BCUT2D eigenvalue weighted by atomic mass is 10.0. The van der Waals surface area contributed by atoms with Crippen molar-refractivity contribution in [2.45, 2.75) is 45.3 Å². The van der Waals surface area contributed by atoms with E-state index in [1.54, 1.807) is 0 Å². The van der Waals surface area contributed by atoms with E-state index in [2.05, 4.69) is 15.3 Å². The Bertz CT molecular complexity index is 1380. The number of nitrogens with two attached hydrogens (primary N) is 2. The van der Waals surface area contributed by atoms with Gasteiger partial charge in [-0.2, -0.15) is 4.68 Å². The molecule has 0 radical (unpaired) electrons. The molecule has 2 aromatic rings. The number of aliphatic carboxylic acids is 2. The van der Waals surface area contributed by atoms with E-state index in [-0.39, 0.29) is 15.9 Å². The Morgan fingerprint density at radius 1 is 1.18 bits per heavy atom. The van der Waals surface area contributed by atoms with Crippen LogP contribution in [-0.4, -0.2) is 71.7 Å². The Kier molecular flexibility index (Phi) is 9.56. The number of carboxylic acid groups (broad SMARTS) is 2. The molecule has 0 aliphatic rings. The number of nitrogens with zero attached hydrogens (tertiary/aromatic N) is 4. The van der Waals surface area contributed by atoms with Crippen LogP contribution >= 0.6 is 0 Å². The number of guanidine groups is 1. The molecule has 216 valence electrons. The monoisotopic (exact) mass is 564 g/mol. The van der Waals surface area contributed by atoms with Gasteiger partial charge in [0.2, 0.25) is 11.8 Å². The van der Waals surface area contributed by atoms with Crippen LogP contribution in [0.2, 0.25) is 0 Å². The molecule has 1 unspecified atom stereocenters. The van der Waals surface area contributed by atoms with Gasteiger partial charge in [0, 0.05) is 19.1 Å². The predicted molar refractivity (Wildman–Crippen MR) is 137 cm³/mol. The molecule has 1 aromatic carbocycles. The van der Waals surface area contributed by atoms with Crippen LogP contribution in [-0.2, 0) is 19.2 Å². The second kappa shape index (κ2) is 12.4. The number of rotatable bonds is 12. The first kappa shape index (κ1) is 30.8. The number of non-ortho nitro benzene ring substituents is 1. The van der Waals surface area contributed by atoms with Gasteiger partial charge in [-0.3, -0.25) is 24.5 Å². The Hall–Kier alpha value is -5.42. The van der Waals surface area contributed by atoms with Crippen molar-refractivity contribution in [2.24, 2.45) is 22.4 Å². The maximum atomic E-state index is 13.6. The van der Waals surface area contributed by atoms with Crippen LogP contribution in [0.3, 0.4) is 0 Å². The lowest BCUT2D eigenvalue weighted by molar-refractivity contribution is -0.384. The van der Waals surface area contributed by atoms with Gasteiger partial charge in [-0.15, -0.1) is 0 Å². The van der Waals surface area contributed by atoms with Crippen molar-refractivity contribution in [1.82, 2.24) is 15.0 Å². The number of aromatic nitrogens is 2. The maximum Gasteiger partial charge on any atom is 0.348 e. The van der Waals surface area contributed by atoms with E-state index in [0.717, 1.165) is 19.1 Å². The summed E-state index contributed by atoms with van der Waals surface area (Å²) in [7, 11) is 0. The molecule has 0 saturated carbocycles. The summed E-state index contributed by atoms with van der Waals surface area (Å²) in [6, 6.07) is -0.383. The Balaban J connectivity index is 2.83. The van der Waals surface area contributed by atoms with Crippen LogP contribution < -0.4 is 27.5 Å². The summed E-state index contributed by atoms with van der Waals surface area (Å²) in [4.78, 5) is 78.6. The highest BCUT2D eigenvalue weighted by Crippen LogP contribution is 2.32. The molecule has 9 N–H and O–H groups in total. The predicted octanol–water partition coefficient (Wildman–Crippen LogP) is -1.29. The zero-order valence-electron chi connectivity index (χ0n) is 21.5. The van der Waals surface area contributed by atoms with Crippen molar-refractivity contribution >= 4 is 35.4 Å². The lowest BCUT2D eigenvalue weighted by Gasteiger charge is -2.33. The number of hydrogen-bond donors (Lipinski definition) is 7. The van der Waals surface area contributed by atoms with E-state index < -0.39 is 82.4 Å². The molecule has 3 atom stereocenters. The molecule has 1 heterocycles. The number of aliphatic imine (C=N–C) groups is 1. The Labute approximate surface area is 225 Å². The summed E-state index contributed by atoms with van der Waals surface area (Å²) in [5.74, 6) is -7.77. The molecule has 0 bridgehead atoms. The van der Waals surface area contributed by atoms with Crippen LogP contribution in [0.25, 0.3) is 0 Å². The highest BCUT2D eigenvalue weighted by atomic mass is 16.6. The van der Waals surface area contributed by atoms with Gasteiger partial charge in [0.1, 0.15) is 17.8 Å². The lowest BCUT2D eigenvalue weighted by Crippen LogP contribution is -2.62. The number of aromatic hydroxyl groups is 1. The molecule has 18 nitrogen and oxygen atoms in total. The van der Waals surface area contributed by atoms with Gasteiger partial charge in [0.25, 0.3) is 11.6 Å². The summed E-state index contributed by atoms with van der Waals surface area (Å²) in [6.45, 7) is 3.77. The zero-order valence-corrected chi connectivity index (χ0v) is 21.5. The van der Waals surface area contributed by atoms with E-state index in [1.807, 2.05) is 0 Å². The second-order valence-corrected chi connectivity index (χ2v) is 8.85. The fourth-order valence-electron chi connectivity index (χ4n) is 3.87. The van der Waals surface area contributed by atoms with Crippen molar-refractivity contribution in [3.05, 3.63) is 56.1 Å². The summed E-state index contributed by atoms with van der Waals surface area (Å²) >= 11 is 0. The van der Waals surface area contributed by atoms with Crippen LogP contribution in [0.1, 0.15) is 44.5 Å². The largest absolute Gasteiger partial charge is 0.492 e. The minimum absolute atomic E-state index is 0.140. The van der Waals surface area contributed by atoms with E-state index >= 15 is 0 Å². The fourth-order valence-corrected chi connectivity index (χ4v) is 3.87. The number of carbonyl (C=O) groups excluding carboxylic acids is 2. The number of nitro groups is 1. The van der Waals surface area contributed by atoms with Crippen LogP contribution in [0.4, 0.5) is 5.69 Å². The molecular weight excluding hydrogens is 536 g/mol. The van der Waals surface area contributed by atoms with E-state index in [0.29, 0.717) is 5.01 Å². The van der Waals surface area contributed by atoms with Gasteiger partial charge in [0.15, 0.2) is 12.0 Å². The number of H-pyrrole nitrogens is 1. The first-order chi connectivity index (χ1) is 18.6. The van der Waals surface area contributed by atoms with E-state index in [4.69, 9.17) is 11.5 Å². The normalized spacial score (nSPS) is 13.1. The molecule has 18 heteroatoms. The summed E-state index contributed by atoms with van der Waals surface area (Å²) < 4.78 is 0.272. The van der Waals surface area contributed by atoms with Crippen molar-refractivity contribution in [3.63, 3.8) is 0 Å². The average Bonchev–Trinajstić information content (AvgIpc) is 3.12. The van der Waals surface area contributed by atoms with Crippen LogP contribution in [0.15, 0.2) is 34.1 Å². The van der Waals surface area contributed by atoms with Gasteiger partial charge in [-0.25, -0.2) is 19.6 Å². The van der Waals surface area contributed by atoms with Crippen LogP contribution in [0, 0.1) is 16.0 Å². The SMILES string of the molecule is CC(=O)N[C@@H](CC(=O)O)C(=O)N([C@H](C(=O)O)C(C)C)n1c(O)c(C(N=C(N)N)c2ccc([N+](=O)[O-])cc2)[nH]c1=O.